The van der Waals surface area contributed by atoms with Gasteiger partial charge in [-0.1, -0.05) is 30.3 Å². The zero-order chi connectivity index (χ0) is 19.3. The Hall–Kier alpha value is -3.61. The number of fused-ring (bicyclic) bond motifs is 2. The fraction of sp³-hybridized carbons (Fsp3) is 0.190. The summed E-state index contributed by atoms with van der Waals surface area (Å²) in [4.78, 5) is 24.2. The molecule has 0 spiro atoms. The third-order valence-electron chi connectivity index (χ3n) is 5.10. The van der Waals surface area contributed by atoms with Crippen molar-refractivity contribution >= 4 is 17.6 Å². The predicted octanol–water partition coefficient (Wildman–Crippen LogP) is 2.65. The van der Waals surface area contributed by atoms with Crippen molar-refractivity contribution in [3.8, 4) is 5.75 Å². The number of nitrogens with zero attached hydrogens (tertiary/aromatic N) is 4. The minimum Gasteiger partial charge on any atom is -0.508 e. The Morgan fingerprint density at radius 3 is 2.86 bits per heavy atom. The fourth-order valence-electron chi connectivity index (χ4n) is 3.84. The molecule has 2 aliphatic heterocycles. The molecule has 2 N–H and O–H groups in total. The topological polar surface area (TPSA) is 82.8 Å². The molecule has 0 radical (unpaired) electrons. The number of rotatable bonds is 1. The van der Waals surface area contributed by atoms with Gasteiger partial charge in [0.2, 0.25) is 11.9 Å². The second kappa shape index (κ2) is 6.23. The first-order chi connectivity index (χ1) is 13.6. The van der Waals surface area contributed by atoms with Crippen molar-refractivity contribution < 1.29 is 5.11 Å². The van der Waals surface area contributed by atoms with Crippen molar-refractivity contribution in [3.63, 3.8) is 0 Å². The van der Waals surface area contributed by atoms with Crippen LogP contribution in [0.25, 0.3) is 0 Å². The number of aryl methyl sites for hydroxylation is 1. The zero-order valence-electron chi connectivity index (χ0n) is 15.3. The van der Waals surface area contributed by atoms with Crippen molar-refractivity contribution in [2.75, 3.05) is 16.8 Å². The largest absolute Gasteiger partial charge is 0.508 e. The van der Waals surface area contributed by atoms with E-state index in [0.29, 0.717) is 17.6 Å². The molecule has 1 atom stereocenters. The Labute approximate surface area is 161 Å². The molecule has 0 amide bonds. The molecule has 3 heterocycles. The van der Waals surface area contributed by atoms with Gasteiger partial charge in [-0.15, -0.1) is 0 Å². The van der Waals surface area contributed by atoms with E-state index in [0.717, 1.165) is 24.2 Å². The van der Waals surface area contributed by atoms with Gasteiger partial charge in [-0.2, -0.15) is 0 Å². The van der Waals surface area contributed by atoms with Crippen molar-refractivity contribution in [1.82, 2.24) is 9.55 Å². The number of aliphatic imine (C=N–C) groups is 1. The van der Waals surface area contributed by atoms with Gasteiger partial charge in [0.25, 0.3) is 5.56 Å². The number of aromatic nitrogens is 2. The van der Waals surface area contributed by atoms with Crippen LogP contribution in [0.5, 0.6) is 5.75 Å². The number of phenolic OH excluding ortho intramolecular Hbond substituents is 1. The summed E-state index contributed by atoms with van der Waals surface area (Å²) in [6, 6.07) is 16.6. The lowest BCUT2D eigenvalue weighted by Crippen LogP contribution is -2.43. The summed E-state index contributed by atoms with van der Waals surface area (Å²) in [5, 5.41) is 13.2. The third-order valence-corrected chi connectivity index (χ3v) is 5.10. The lowest BCUT2D eigenvalue weighted by molar-refractivity contribution is 0.472. The van der Waals surface area contributed by atoms with Gasteiger partial charge in [0.05, 0.1) is 0 Å². The van der Waals surface area contributed by atoms with Crippen molar-refractivity contribution in [3.05, 3.63) is 81.8 Å². The molecule has 0 bridgehead atoms. The predicted molar refractivity (Wildman–Crippen MR) is 108 cm³/mol. The molecule has 2 aliphatic rings. The molecule has 5 rings (SSSR count). The number of anilines is 2. The van der Waals surface area contributed by atoms with Gasteiger partial charge in [0, 0.05) is 29.6 Å². The van der Waals surface area contributed by atoms with Gasteiger partial charge in [0.15, 0.2) is 6.17 Å². The lowest BCUT2D eigenvalue weighted by atomic mass is 10.1. The number of aromatic hydroxyl groups is 1. The Balaban J connectivity index is 1.67. The van der Waals surface area contributed by atoms with Gasteiger partial charge < -0.3 is 10.0 Å². The number of benzene rings is 2. The molecule has 3 aromatic rings. The maximum atomic E-state index is 12.7. The lowest BCUT2D eigenvalue weighted by Gasteiger charge is -2.31. The molecule has 1 aromatic heterocycles. The second-order valence-corrected chi connectivity index (χ2v) is 7.01. The maximum absolute atomic E-state index is 12.7. The van der Waals surface area contributed by atoms with Gasteiger partial charge in [-0.05, 0) is 37.1 Å². The number of hydrogen-bond acceptors (Lipinski definition) is 6. The average Bonchev–Trinajstić information content (AvgIpc) is 3.11. The van der Waals surface area contributed by atoms with Crippen LogP contribution < -0.4 is 15.8 Å². The molecule has 7 nitrogen and oxygen atoms in total. The molecule has 7 heteroatoms. The summed E-state index contributed by atoms with van der Waals surface area (Å²) < 4.78 is 1.52. The highest BCUT2D eigenvalue weighted by atomic mass is 16.3. The molecule has 2 aromatic carbocycles. The van der Waals surface area contributed by atoms with Crippen LogP contribution in [-0.2, 0) is 6.42 Å². The Kier molecular flexibility index (Phi) is 3.68. The number of nitrogens with one attached hydrogen (secondary N) is 1. The SMILES string of the molecule is Cc1cc(=O)n2c(n1)NC(N1CCc3ccccc31)=NC2c1cccc(O)c1. The first-order valence-electron chi connectivity index (χ1n) is 9.19. The normalized spacial score (nSPS) is 17.5. The molecular formula is C21H19N5O2. The highest BCUT2D eigenvalue weighted by molar-refractivity contribution is 6.06. The fourth-order valence-corrected chi connectivity index (χ4v) is 3.84. The molecule has 0 aliphatic carbocycles. The Morgan fingerprint density at radius 1 is 1.14 bits per heavy atom. The van der Waals surface area contributed by atoms with E-state index in [-0.39, 0.29) is 11.3 Å². The summed E-state index contributed by atoms with van der Waals surface area (Å²) in [6.07, 6.45) is 0.327. The smallest absolute Gasteiger partial charge is 0.257 e. The number of para-hydroxylation sites is 1. The van der Waals surface area contributed by atoms with Crippen molar-refractivity contribution in [2.24, 2.45) is 4.99 Å². The highest BCUT2D eigenvalue weighted by Gasteiger charge is 2.30. The first kappa shape index (κ1) is 16.6. The van der Waals surface area contributed by atoms with Crippen molar-refractivity contribution in [1.29, 1.82) is 0 Å². The number of phenols is 1. The van der Waals surface area contributed by atoms with Gasteiger partial charge in [0.1, 0.15) is 5.75 Å². The minimum atomic E-state index is -0.605. The van der Waals surface area contributed by atoms with Gasteiger partial charge in [-0.3, -0.25) is 14.7 Å². The summed E-state index contributed by atoms with van der Waals surface area (Å²) in [7, 11) is 0. The minimum absolute atomic E-state index is 0.133. The van der Waals surface area contributed by atoms with E-state index >= 15 is 0 Å². The van der Waals surface area contributed by atoms with E-state index < -0.39 is 6.17 Å². The molecule has 140 valence electrons. The molecule has 0 saturated heterocycles. The molecule has 1 unspecified atom stereocenters. The van der Waals surface area contributed by atoms with E-state index in [9.17, 15) is 9.90 Å². The first-order valence-corrected chi connectivity index (χ1v) is 9.19. The number of hydrogen-bond donors (Lipinski definition) is 2. The van der Waals surface area contributed by atoms with E-state index in [1.165, 1.54) is 16.2 Å². The molecular weight excluding hydrogens is 354 g/mol. The Bertz CT molecular complexity index is 1170. The Morgan fingerprint density at radius 2 is 2.00 bits per heavy atom. The van der Waals surface area contributed by atoms with E-state index in [1.807, 2.05) is 18.2 Å². The summed E-state index contributed by atoms with van der Waals surface area (Å²) in [6.45, 7) is 2.60. The maximum Gasteiger partial charge on any atom is 0.257 e. The second-order valence-electron chi connectivity index (χ2n) is 7.01. The van der Waals surface area contributed by atoms with Crippen molar-refractivity contribution in [2.45, 2.75) is 19.5 Å². The summed E-state index contributed by atoms with van der Waals surface area (Å²) in [5.74, 6) is 1.23. The number of guanidine groups is 1. The van der Waals surface area contributed by atoms with Crippen LogP contribution in [0.3, 0.4) is 0 Å². The van der Waals surface area contributed by atoms with E-state index in [2.05, 4.69) is 27.3 Å². The highest BCUT2D eigenvalue weighted by Crippen LogP contribution is 2.32. The quantitative estimate of drug-likeness (QED) is 0.685. The monoisotopic (exact) mass is 373 g/mol. The van der Waals surface area contributed by atoms with E-state index in [1.54, 1.807) is 25.1 Å². The average molecular weight is 373 g/mol. The summed E-state index contributed by atoms with van der Waals surface area (Å²) >= 11 is 0. The zero-order valence-corrected chi connectivity index (χ0v) is 15.3. The van der Waals surface area contributed by atoms with Gasteiger partial charge in [-0.25, -0.2) is 9.98 Å². The van der Waals surface area contributed by atoms with Crippen LogP contribution in [-0.4, -0.2) is 27.2 Å². The summed E-state index contributed by atoms with van der Waals surface area (Å²) in [5.41, 5.74) is 3.54. The van der Waals surface area contributed by atoms with E-state index in [4.69, 9.17) is 4.99 Å². The van der Waals surface area contributed by atoms with Crippen LogP contribution in [0.15, 0.2) is 64.4 Å². The standard InChI is InChI=1S/C21H19N5O2/c1-13-11-18(28)26-19(15-6-4-7-16(27)12-15)23-20(24-21(26)22-13)25-10-9-14-5-2-3-8-17(14)25/h2-8,11-12,19,27H,9-10H2,1H3,(H,22,23,24). The van der Waals surface area contributed by atoms with Crippen LogP contribution in [0.2, 0.25) is 0 Å². The van der Waals surface area contributed by atoms with Crippen LogP contribution in [0.1, 0.15) is 23.0 Å². The van der Waals surface area contributed by atoms with Crippen LogP contribution in [0.4, 0.5) is 11.6 Å². The van der Waals surface area contributed by atoms with Gasteiger partial charge >= 0.3 is 0 Å². The third kappa shape index (κ3) is 2.63. The molecule has 0 saturated carbocycles. The van der Waals surface area contributed by atoms with Crippen LogP contribution >= 0.6 is 0 Å². The van der Waals surface area contributed by atoms with Crippen LogP contribution in [0, 0.1) is 6.92 Å². The molecule has 0 fully saturated rings. The molecule has 28 heavy (non-hydrogen) atoms.